The quantitative estimate of drug-likeness (QED) is 0.262. The Morgan fingerprint density at radius 2 is 1.89 bits per heavy atom. The van der Waals surface area contributed by atoms with Crippen LogP contribution >= 0.6 is 23.2 Å². The summed E-state index contributed by atoms with van der Waals surface area (Å²) in [4.78, 5) is 24.6. The number of aromatic nitrogens is 3. The Bertz CT molecular complexity index is 1480. The maximum Gasteiger partial charge on any atom is 0.417 e. The fourth-order valence-electron chi connectivity index (χ4n) is 4.00. The van der Waals surface area contributed by atoms with Crippen LogP contribution in [0.4, 0.5) is 30.6 Å². The number of amides is 1. The van der Waals surface area contributed by atoms with Gasteiger partial charge in [0.05, 0.1) is 37.9 Å². The number of rotatable bonds is 4. The number of anilines is 3. The van der Waals surface area contributed by atoms with Gasteiger partial charge in [0, 0.05) is 18.2 Å². The molecule has 5 rings (SSSR count). The Balaban J connectivity index is 1.51. The highest BCUT2D eigenvalue weighted by Gasteiger charge is 2.36. The van der Waals surface area contributed by atoms with Gasteiger partial charge >= 0.3 is 6.18 Å². The number of pyridine rings is 1. The summed E-state index contributed by atoms with van der Waals surface area (Å²) in [7, 11) is 0. The summed E-state index contributed by atoms with van der Waals surface area (Å²) < 4.78 is 44.6. The van der Waals surface area contributed by atoms with Crippen LogP contribution in [0.5, 0.6) is 5.75 Å². The van der Waals surface area contributed by atoms with E-state index in [0.717, 1.165) is 17.7 Å². The molecular weight excluding hydrogens is 518 g/mol. The molecule has 0 atom stereocenters. The molecule has 36 heavy (non-hydrogen) atoms. The Morgan fingerprint density at radius 1 is 1.17 bits per heavy atom. The number of imidazole rings is 1. The Morgan fingerprint density at radius 3 is 2.53 bits per heavy atom. The van der Waals surface area contributed by atoms with Gasteiger partial charge in [-0.1, -0.05) is 29.3 Å². The fourth-order valence-corrected chi connectivity index (χ4v) is 4.49. The van der Waals surface area contributed by atoms with Gasteiger partial charge in [-0.15, -0.1) is 0 Å². The molecule has 0 bridgehead atoms. The van der Waals surface area contributed by atoms with E-state index in [1.165, 1.54) is 0 Å². The summed E-state index contributed by atoms with van der Waals surface area (Å²) in [5.74, 6) is 0.0930. The van der Waals surface area contributed by atoms with E-state index >= 15 is 0 Å². The highest BCUT2D eigenvalue weighted by molar-refractivity contribution is 6.39. The summed E-state index contributed by atoms with van der Waals surface area (Å²) in [6.07, 6.45) is -3.38. The van der Waals surface area contributed by atoms with Gasteiger partial charge in [-0.2, -0.15) is 13.2 Å². The van der Waals surface area contributed by atoms with Gasteiger partial charge < -0.3 is 20.4 Å². The molecule has 0 aliphatic carbocycles. The van der Waals surface area contributed by atoms with Crippen LogP contribution in [-0.4, -0.2) is 26.5 Å². The maximum absolute atomic E-state index is 13.2. The number of para-hydroxylation sites is 1. The van der Waals surface area contributed by atoms with E-state index in [1.807, 2.05) is 13.8 Å². The van der Waals surface area contributed by atoms with Gasteiger partial charge in [0.2, 0.25) is 5.95 Å². The highest BCUT2D eigenvalue weighted by Crippen LogP contribution is 2.43. The lowest BCUT2D eigenvalue weighted by molar-refractivity contribution is -0.137. The second kappa shape index (κ2) is 8.56. The fraction of sp³-hybridized carbons (Fsp3) is 0.208. The number of alkyl halides is 3. The zero-order valence-corrected chi connectivity index (χ0v) is 20.4. The highest BCUT2D eigenvalue weighted by atomic mass is 35.5. The third-order valence-electron chi connectivity index (χ3n) is 5.59. The molecule has 3 heterocycles. The summed E-state index contributed by atoms with van der Waals surface area (Å²) >= 11 is 12.5. The van der Waals surface area contributed by atoms with Crippen LogP contribution in [0.2, 0.25) is 10.0 Å². The monoisotopic (exact) mass is 535 g/mol. The van der Waals surface area contributed by atoms with Crippen LogP contribution in [0, 0.1) is 0 Å². The standard InChI is InChI=1S/C24H18Cl2F3N5O2/c1-23(2)9-13-18-16(31-22(33-18)34-19-14(25)4-3-5-15(19)26)8-12(20(13)36-23)21(35)32-17-7-6-11(10-30-17)24(27,28)29/h3-8,10H,9H2,1-2H3,(H,30,32,35)(H2,31,33,34). The smallest absolute Gasteiger partial charge is 0.417 e. The predicted molar refractivity (Wildman–Crippen MR) is 131 cm³/mol. The van der Waals surface area contributed by atoms with E-state index in [2.05, 4.69) is 25.6 Å². The lowest BCUT2D eigenvalue weighted by Gasteiger charge is -2.18. The number of nitrogens with zero attached hydrogens (tertiary/aromatic N) is 2. The molecule has 3 N–H and O–H groups in total. The van der Waals surface area contributed by atoms with Crippen molar-refractivity contribution in [1.82, 2.24) is 15.0 Å². The first-order chi connectivity index (χ1) is 16.9. The maximum atomic E-state index is 13.2. The lowest BCUT2D eigenvalue weighted by atomic mass is 9.99. The first-order valence-electron chi connectivity index (χ1n) is 10.7. The van der Waals surface area contributed by atoms with Crippen LogP contribution in [-0.2, 0) is 12.6 Å². The number of aromatic amines is 1. The predicted octanol–water partition coefficient (Wildman–Crippen LogP) is 6.99. The molecule has 1 amide bonds. The van der Waals surface area contributed by atoms with E-state index in [1.54, 1.807) is 24.3 Å². The molecule has 1 aliphatic rings. The summed E-state index contributed by atoms with van der Waals surface area (Å²) in [5, 5.41) is 6.42. The second-order valence-corrected chi connectivity index (χ2v) is 9.67. The first kappa shape index (κ1) is 24.2. The van der Waals surface area contributed by atoms with Crippen molar-refractivity contribution in [2.24, 2.45) is 0 Å². The van der Waals surface area contributed by atoms with Crippen molar-refractivity contribution >= 4 is 57.6 Å². The average molecular weight is 536 g/mol. The molecule has 1 aliphatic heterocycles. The molecular formula is C24H18Cl2F3N5O2. The average Bonchev–Trinajstić information content (AvgIpc) is 3.34. The third-order valence-corrected chi connectivity index (χ3v) is 6.22. The summed E-state index contributed by atoms with van der Waals surface area (Å²) in [5.41, 5.74) is 1.02. The minimum absolute atomic E-state index is 0.0283. The molecule has 4 aromatic rings. The lowest BCUT2D eigenvalue weighted by Crippen LogP contribution is -2.25. The van der Waals surface area contributed by atoms with E-state index < -0.39 is 23.2 Å². The van der Waals surface area contributed by atoms with Crippen molar-refractivity contribution in [3.63, 3.8) is 0 Å². The number of nitrogens with one attached hydrogen (secondary N) is 3. The van der Waals surface area contributed by atoms with Gasteiger partial charge in [0.15, 0.2) is 0 Å². The molecule has 2 aromatic carbocycles. The van der Waals surface area contributed by atoms with Gasteiger partial charge in [-0.3, -0.25) is 4.79 Å². The number of hydrogen-bond donors (Lipinski definition) is 3. The Kier molecular flexibility index (Phi) is 5.76. The van der Waals surface area contributed by atoms with Crippen LogP contribution in [0.3, 0.4) is 0 Å². The van der Waals surface area contributed by atoms with E-state index in [4.69, 9.17) is 27.9 Å². The van der Waals surface area contributed by atoms with Crippen molar-refractivity contribution < 1.29 is 22.7 Å². The zero-order chi connectivity index (χ0) is 25.8. The first-order valence-corrected chi connectivity index (χ1v) is 11.5. The molecule has 0 unspecified atom stereocenters. The molecule has 12 heteroatoms. The normalized spacial score (nSPS) is 14.4. The van der Waals surface area contributed by atoms with Gasteiger partial charge in [0.25, 0.3) is 5.91 Å². The summed E-state index contributed by atoms with van der Waals surface area (Å²) in [6.45, 7) is 3.76. The SMILES string of the molecule is CC1(C)Cc2c(c(C(=O)Nc3ccc(C(F)(F)F)cn3)cc3[nH]c(Nc4c(Cl)cccc4Cl)nc23)O1. The van der Waals surface area contributed by atoms with Crippen LogP contribution in [0.25, 0.3) is 11.0 Å². The van der Waals surface area contributed by atoms with E-state index in [0.29, 0.717) is 51.1 Å². The van der Waals surface area contributed by atoms with Crippen molar-refractivity contribution in [3.05, 3.63) is 69.3 Å². The number of hydrogen-bond acceptors (Lipinski definition) is 5. The number of H-pyrrole nitrogens is 1. The van der Waals surface area contributed by atoms with Gasteiger partial charge in [-0.05, 0) is 44.2 Å². The number of carbonyl (C=O) groups excluding carboxylic acids is 1. The molecule has 0 saturated heterocycles. The number of carbonyl (C=O) groups is 1. The molecule has 0 radical (unpaired) electrons. The van der Waals surface area contributed by atoms with Crippen molar-refractivity contribution in [2.45, 2.75) is 32.0 Å². The Labute approximate surface area is 213 Å². The molecule has 0 saturated carbocycles. The van der Waals surface area contributed by atoms with Gasteiger partial charge in [0.1, 0.15) is 17.2 Å². The van der Waals surface area contributed by atoms with Crippen LogP contribution in [0.1, 0.15) is 35.3 Å². The van der Waals surface area contributed by atoms with Crippen molar-refractivity contribution in [3.8, 4) is 5.75 Å². The minimum atomic E-state index is -4.53. The van der Waals surface area contributed by atoms with E-state index in [-0.39, 0.29) is 11.4 Å². The van der Waals surface area contributed by atoms with Crippen LogP contribution in [0.15, 0.2) is 42.6 Å². The number of benzene rings is 2. The summed E-state index contributed by atoms with van der Waals surface area (Å²) in [6, 6.07) is 8.60. The Hall–Kier alpha value is -3.50. The molecule has 7 nitrogen and oxygen atoms in total. The molecule has 0 fully saturated rings. The van der Waals surface area contributed by atoms with E-state index in [9.17, 15) is 18.0 Å². The molecule has 0 spiro atoms. The molecule has 186 valence electrons. The van der Waals surface area contributed by atoms with Gasteiger partial charge in [-0.25, -0.2) is 9.97 Å². The van der Waals surface area contributed by atoms with Crippen molar-refractivity contribution in [2.75, 3.05) is 10.6 Å². The topological polar surface area (TPSA) is 91.9 Å². The minimum Gasteiger partial charge on any atom is -0.486 e. The third kappa shape index (κ3) is 4.54. The van der Waals surface area contributed by atoms with Crippen LogP contribution < -0.4 is 15.4 Å². The number of halogens is 5. The number of ether oxygens (including phenoxy) is 1. The zero-order valence-electron chi connectivity index (χ0n) is 18.8. The molecule has 2 aromatic heterocycles. The van der Waals surface area contributed by atoms with Crippen molar-refractivity contribution in [1.29, 1.82) is 0 Å². The largest absolute Gasteiger partial charge is 0.486 e. The second-order valence-electron chi connectivity index (χ2n) is 8.86. The number of fused-ring (bicyclic) bond motifs is 3.